The molecule has 0 aromatic heterocycles. The Balaban J connectivity index is 1.85. The van der Waals surface area contributed by atoms with E-state index in [4.69, 9.17) is 5.11 Å². The van der Waals surface area contributed by atoms with Gasteiger partial charge in [-0.05, 0) is 12.1 Å². The summed E-state index contributed by atoms with van der Waals surface area (Å²) in [4.78, 5) is 23.6. The number of urea groups is 1. The standard InChI is InChI=1S/C11H12N2O3/c14-10(15)8-6-13(7-8)11(16)12-9-4-2-1-3-5-9/h1-5,8H,6-7H2,(H,12,16)(H,14,15). The topological polar surface area (TPSA) is 69.6 Å². The lowest BCUT2D eigenvalue weighted by molar-refractivity contribution is -0.145. The van der Waals surface area contributed by atoms with Crippen LogP contribution in [0.2, 0.25) is 0 Å². The summed E-state index contributed by atoms with van der Waals surface area (Å²) >= 11 is 0. The summed E-state index contributed by atoms with van der Waals surface area (Å²) < 4.78 is 0. The first-order valence-corrected chi connectivity index (χ1v) is 5.00. The van der Waals surface area contributed by atoms with Gasteiger partial charge in [0, 0.05) is 18.8 Å². The summed E-state index contributed by atoms with van der Waals surface area (Å²) in [6, 6.07) is 8.83. The molecule has 84 valence electrons. The van der Waals surface area contributed by atoms with Gasteiger partial charge in [0.25, 0.3) is 0 Å². The zero-order valence-corrected chi connectivity index (χ0v) is 8.59. The minimum absolute atomic E-state index is 0.247. The van der Waals surface area contributed by atoms with Crippen LogP contribution in [-0.4, -0.2) is 35.1 Å². The first kappa shape index (κ1) is 10.5. The number of likely N-dealkylation sites (tertiary alicyclic amines) is 1. The second kappa shape index (κ2) is 4.22. The average molecular weight is 220 g/mol. The molecule has 2 N–H and O–H groups in total. The van der Waals surface area contributed by atoms with E-state index >= 15 is 0 Å². The lowest BCUT2D eigenvalue weighted by Crippen LogP contribution is -2.54. The Morgan fingerprint density at radius 1 is 1.25 bits per heavy atom. The molecule has 0 atom stereocenters. The van der Waals surface area contributed by atoms with Gasteiger partial charge in [-0.1, -0.05) is 18.2 Å². The van der Waals surface area contributed by atoms with E-state index in [0.717, 1.165) is 0 Å². The van der Waals surface area contributed by atoms with Gasteiger partial charge in [-0.25, -0.2) is 4.79 Å². The monoisotopic (exact) mass is 220 g/mol. The van der Waals surface area contributed by atoms with E-state index in [2.05, 4.69) is 5.32 Å². The quantitative estimate of drug-likeness (QED) is 0.787. The molecule has 1 aromatic carbocycles. The van der Waals surface area contributed by atoms with Gasteiger partial charge >= 0.3 is 12.0 Å². The number of rotatable bonds is 2. The van der Waals surface area contributed by atoms with Crippen molar-refractivity contribution in [1.29, 1.82) is 0 Å². The third kappa shape index (κ3) is 2.13. The predicted molar refractivity (Wildman–Crippen MR) is 58.2 cm³/mol. The minimum Gasteiger partial charge on any atom is -0.481 e. The zero-order valence-electron chi connectivity index (χ0n) is 8.59. The molecular formula is C11H12N2O3. The summed E-state index contributed by atoms with van der Waals surface area (Å²) in [5.74, 6) is -1.26. The van der Waals surface area contributed by atoms with E-state index in [9.17, 15) is 9.59 Å². The molecule has 0 radical (unpaired) electrons. The number of hydrogen-bond donors (Lipinski definition) is 2. The largest absolute Gasteiger partial charge is 0.481 e. The maximum atomic E-state index is 11.6. The number of hydrogen-bond acceptors (Lipinski definition) is 2. The summed E-state index contributed by atoms with van der Waals surface area (Å²) in [5.41, 5.74) is 0.714. The van der Waals surface area contributed by atoms with Crippen LogP contribution in [0.4, 0.5) is 10.5 Å². The van der Waals surface area contributed by atoms with Gasteiger partial charge in [0.2, 0.25) is 0 Å². The molecule has 2 rings (SSSR count). The van der Waals surface area contributed by atoms with Crippen LogP contribution < -0.4 is 5.32 Å². The molecule has 1 aliphatic heterocycles. The van der Waals surface area contributed by atoms with Crippen molar-refractivity contribution in [3.8, 4) is 0 Å². The number of aliphatic carboxylic acids is 1. The Morgan fingerprint density at radius 3 is 2.44 bits per heavy atom. The molecule has 1 saturated heterocycles. The highest BCUT2D eigenvalue weighted by atomic mass is 16.4. The van der Waals surface area contributed by atoms with E-state index in [0.29, 0.717) is 5.69 Å². The van der Waals surface area contributed by atoms with Crippen molar-refractivity contribution in [3.63, 3.8) is 0 Å². The van der Waals surface area contributed by atoms with Gasteiger partial charge < -0.3 is 15.3 Å². The molecule has 0 bridgehead atoms. The highest BCUT2D eigenvalue weighted by Gasteiger charge is 2.35. The van der Waals surface area contributed by atoms with Crippen molar-refractivity contribution in [2.45, 2.75) is 0 Å². The smallest absolute Gasteiger partial charge is 0.321 e. The number of carbonyl (C=O) groups is 2. The number of para-hydroxylation sites is 1. The molecular weight excluding hydrogens is 208 g/mol. The first-order chi connectivity index (χ1) is 7.66. The molecule has 5 heteroatoms. The predicted octanol–water partition coefficient (Wildman–Crippen LogP) is 1.23. The SMILES string of the molecule is O=C(O)C1CN(C(=O)Nc2ccccc2)C1. The van der Waals surface area contributed by atoms with Gasteiger partial charge in [0.1, 0.15) is 0 Å². The maximum absolute atomic E-state index is 11.6. The van der Waals surface area contributed by atoms with Crippen molar-refractivity contribution in [2.24, 2.45) is 5.92 Å². The molecule has 0 aliphatic carbocycles. The molecule has 0 spiro atoms. The lowest BCUT2D eigenvalue weighted by atomic mass is 10.0. The molecule has 0 saturated carbocycles. The van der Waals surface area contributed by atoms with Crippen LogP contribution in [-0.2, 0) is 4.79 Å². The van der Waals surface area contributed by atoms with Gasteiger partial charge in [-0.3, -0.25) is 4.79 Å². The van der Waals surface area contributed by atoms with Crippen LogP contribution in [0.15, 0.2) is 30.3 Å². The van der Waals surface area contributed by atoms with Gasteiger partial charge in [-0.2, -0.15) is 0 Å². The normalized spacial score (nSPS) is 15.4. The highest BCUT2D eigenvalue weighted by molar-refractivity contribution is 5.91. The van der Waals surface area contributed by atoms with Crippen molar-refractivity contribution in [2.75, 3.05) is 18.4 Å². The molecule has 2 amide bonds. The van der Waals surface area contributed by atoms with E-state index < -0.39 is 11.9 Å². The number of carboxylic acids is 1. The van der Waals surface area contributed by atoms with Crippen LogP contribution in [0.25, 0.3) is 0 Å². The first-order valence-electron chi connectivity index (χ1n) is 5.00. The van der Waals surface area contributed by atoms with Crippen LogP contribution in [0.5, 0.6) is 0 Å². The number of carboxylic acid groups (broad SMARTS) is 1. The Labute approximate surface area is 92.7 Å². The van der Waals surface area contributed by atoms with Crippen molar-refractivity contribution < 1.29 is 14.7 Å². The molecule has 5 nitrogen and oxygen atoms in total. The number of carbonyl (C=O) groups excluding carboxylic acids is 1. The van der Waals surface area contributed by atoms with Gasteiger partial charge in [0.15, 0.2) is 0 Å². The maximum Gasteiger partial charge on any atom is 0.321 e. The molecule has 1 aromatic rings. The molecule has 1 heterocycles. The van der Waals surface area contributed by atoms with Crippen LogP contribution >= 0.6 is 0 Å². The number of amides is 2. The molecule has 16 heavy (non-hydrogen) atoms. The Hall–Kier alpha value is -2.04. The Kier molecular flexibility index (Phi) is 2.76. The van der Waals surface area contributed by atoms with Crippen molar-refractivity contribution >= 4 is 17.7 Å². The molecule has 1 aliphatic rings. The number of nitrogens with one attached hydrogen (secondary N) is 1. The Bertz CT molecular complexity index is 399. The third-order valence-corrected chi connectivity index (χ3v) is 2.54. The van der Waals surface area contributed by atoms with Gasteiger partial charge in [0.05, 0.1) is 5.92 Å². The lowest BCUT2D eigenvalue weighted by Gasteiger charge is -2.36. The average Bonchev–Trinajstić information content (AvgIpc) is 2.15. The van der Waals surface area contributed by atoms with Crippen molar-refractivity contribution in [1.82, 2.24) is 4.90 Å². The van der Waals surface area contributed by atoms with E-state index in [-0.39, 0.29) is 19.1 Å². The van der Waals surface area contributed by atoms with Crippen molar-refractivity contribution in [3.05, 3.63) is 30.3 Å². The molecule has 0 unspecified atom stereocenters. The fourth-order valence-corrected chi connectivity index (χ4v) is 1.52. The van der Waals surface area contributed by atoms with Crippen LogP contribution in [0, 0.1) is 5.92 Å². The fourth-order valence-electron chi connectivity index (χ4n) is 1.52. The Morgan fingerprint density at radius 2 is 1.88 bits per heavy atom. The highest BCUT2D eigenvalue weighted by Crippen LogP contribution is 2.17. The van der Waals surface area contributed by atoms with E-state index in [1.54, 1.807) is 12.1 Å². The van der Waals surface area contributed by atoms with E-state index in [1.807, 2.05) is 18.2 Å². The second-order valence-corrected chi connectivity index (χ2v) is 3.74. The van der Waals surface area contributed by atoms with Crippen LogP contribution in [0.3, 0.4) is 0 Å². The third-order valence-electron chi connectivity index (χ3n) is 2.54. The summed E-state index contributed by atoms with van der Waals surface area (Å²) in [5, 5.41) is 11.4. The number of anilines is 1. The number of benzene rings is 1. The summed E-state index contributed by atoms with van der Waals surface area (Å²) in [6.45, 7) is 0.571. The summed E-state index contributed by atoms with van der Waals surface area (Å²) in [6.07, 6.45) is 0. The molecule has 1 fully saturated rings. The number of nitrogens with zero attached hydrogens (tertiary/aromatic N) is 1. The van der Waals surface area contributed by atoms with E-state index in [1.165, 1.54) is 4.90 Å². The fraction of sp³-hybridized carbons (Fsp3) is 0.273. The minimum atomic E-state index is -0.844. The second-order valence-electron chi connectivity index (χ2n) is 3.74. The van der Waals surface area contributed by atoms with Gasteiger partial charge in [-0.15, -0.1) is 0 Å². The zero-order chi connectivity index (χ0) is 11.5. The summed E-state index contributed by atoms with van der Waals surface area (Å²) in [7, 11) is 0. The van der Waals surface area contributed by atoms with Crippen LogP contribution in [0.1, 0.15) is 0 Å².